The number of hydrogen-bond acceptors (Lipinski definition) is 3. The molecule has 0 amide bonds. The lowest BCUT2D eigenvalue weighted by molar-refractivity contribution is 0.0000553. The van der Waals surface area contributed by atoms with Crippen molar-refractivity contribution in [2.45, 2.75) is 39.2 Å². The van der Waals surface area contributed by atoms with Gasteiger partial charge in [-0.25, -0.2) is 0 Å². The molecule has 3 heteroatoms. The summed E-state index contributed by atoms with van der Waals surface area (Å²) in [4.78, 5) is 5.33. The van der Waals surface area contributed by atoms with Crippen molar-refractivity contribution in [3.05, 3.63) is 0 Å². The third kappa shape index (κ3) is 3.72. The van der Waals surface area contributed by atoms with Crippen LogP contribution in [0.2, 0.25) is 0 Å². The predicted octanol–water partition coefficient (Wildman–Crippen LogP) is 1.54. The Morgan fingerprint density at radius 1 is 1.25 bits per heavy atom. The second kappa shape index (κ2) is 3.90. The topological polar surface area (TPSA) is 33.6 Å². The van der Waals surface area contributed by atoms with E-state index < -0.39 is 0 Å². The van der Waals surface area contributed by atoms with Gasteiger partial charge in [0.25, 0.3) is 0 Å². The Morgan fingerprint density at radius 3 is 2.33 bits per heavy atom. The first kappa shape index (κ1) is 9.52. The van der Waals surface area contributed by atoms with Crippen LogP contribution in [0, 0.1) is 0 Å². The van der Waals surface area contributed by atoms with Gasteiger partial charge in [0.1, 0.15) is 5.60 Å². The molecule has 0 aromatic rings. The first-order valence-corrected chi connectivity index (χ1v) is 4.52. The molecule has 1 N–H and O–H groups in total. The van der Waals surface area contributed by atoms with Crippen LogP contribution in [0.15, 0.2) is 5.16 Å². The normalized spacial score (nSPS) is 19.1. The van der Waals surface area contributed by atoms with E-state index in [1.165, 1.54) is 5.71 Å². The summed E-state index contributed by atoms with van der Waals surface area (Å²) in [6.45, 7) is 8.10. The number of rotatable bonds is 1. The van der Waals surface area contributed by atoms with Crippen molar-refractivity contribution >= 4 is 5.71 Å². The van der Waals surface area contributed by atoms with Crippen LogP contribution in [-0.2, 0) is 4.84 Å². The third-order valence-electron chi connectivity index (χ3n) is 1.63. The Balaban J connectivity index is 2.35. The van der Waals surface area contributed by atoms with Gasteiger partial charge in [0.2, 0.25) is 0 Å². The van der Waals surface area contributed by atoms with E-state index in [4.69, 9.17) is 4.84 Å². The lowest BCUT2D eigenvalue weighted by Gasteiger charge is -2.19. The summed E-state index contributed by atoms with van der Waals surface area (Å²) < 4.78 is 0. The fraction of sp³-hybridized carbons (Fsp3) is 0.889. The largest absolute Gasteiger partial charge is 0.390 e. The molecule has 1 aliphatic heterocycles. The lowest BCUT2D eigenvalue weighted by atomic mass is 10.1. The Labute approximate surface area is 74.2 Å². The number of hydrogen-bond donors (Lipinski definition) is 1. The average Bonchev–Trinajstić information content (AvgIpc) is 2.02. The summed E-state index contributed by atoms with van der Waals surface area (Å²) in [6, 6.07) is 0. The number of oxime groups is 1. The van der Waals surface area contributed by atoms with Crippen molar-refractivity contribution in [1.29, 1.82) is 0 Å². The fourth-order valence-electron chi connectivity index (χ4n) is 1.01. The number of piperidine rings is 1. The van der Waals surface area contributed by atoms with Crippen LogP contribution in [0.25, 0.3) is 0 Å². The van der Waals surface area contributed by atoms with Crippen LogP contribution in [0.3, 0.4) is 0 Å². The molecule has 0 radical (unpaired) electrons. The highest BCUT2D eigenvalue weighted by Gasteiger charge is 2.12. The monoisotopic (exact) mass is 170 g/mol. The maximum atomic E-state index is 5.33. The van der Waals surface area contributed by atoms with Crippen LogP contribution in [0.4, 0.5) is 0 Å². The fourth-order valence-corrected chi connectivity index (χ4v) is 1.01. The van der Waals surface area contributed by atoms with Crippen molar-refractivity contribution < 1.29 is 4.84 Å². The maximum Gasteiger partial charge on any atom is 0.129 e. The van der Waals surface area contributed by atoms with Gasteiger partial charge in [-0.05, 0) is 20.8 Å². The zero-order valence-electron chi connectivity index (χ0n) is 8.18. The molecule has 70 valence electrons. The first-order chi connectivity index (χ1) is 5.58. The number of nitrogens with zero attached hydrogens (tertiary/aromatic N) is 1. The van der Waals surface area contributed by atoms with Gasteiger partial charge >= 0.3 is 0 Å². The smallest absolute Gasteiger partial charge is 0.129 e. The lowest BCUT2D eigenvalue weighted by Crippen LogP contribution is -2.28. The van der Waals surface area contributed by atoms with E-state index in [0.717, 1.165) is 25.9 Å². The Morgan fingerprint density at radius 2 is 1.83 bits per heavy atom. The van der Waals surface area contributed by atoms with Crippen molar-refractivity contribution in [1.82, 2.24) is 5.32 Å². The minimum Gasteiger partial charge on any atom is -0.390 e. The van der Waals surface area contributed by atoms with Gasteiger partial charge in [0.15, 0.2) is 0 Å². The standard InChI is InChI=1S/C9H18N2O/c1-9(2,3)12-11-8-4-6-10-7-5-8/h10H,4-7H2,1-3H3. The summed E-state index contributed by atoms with van der Waals surface area (Å²) in [5.74, 6) is 0. The van der Waals surface area contributed by atoms with Gasteiger partial charge in [0, 0.05) is 25.9 Å². The molecule has 1 aliphatic rings. The van der Waals surface area contributed by atoms with E-state index >= 15 is 0 Å². The molecule has 0 aromatic heterocycles. The molecule has 12 heavy (non-hydrogen) atoms. The van der Waals surface area contributed by atoms with E-state index in [1.54, 1.807) is 0 Å². The van der Waals surface area contributed by atoms with Gasteiger partial charge < -0.3 is 10.2 Å². The van der Waals surface area contributed by atoms with Crippen molar-refractivity contribution in [3.8, 4) is 0 Å². The van der Waals surface area contributed by atoms with Gasteiger partial charge in [-0.3, -0.25) is 0 Å². The molecule has 3 nitrogen and oxygen atoms in total. The Hall–Kier alpha value is -0.570. The molecule has 1 rings (SSSR count). The van der Waals surface area contributed by atoms with Gasteiger partial charge in [-0.15, -0.1) is 0 Å². The molecule has 0 aliphatic carbocycles. The molecular weight excluding hydrogens is 152 g/mol. The summed E-state index contributed by atoms with van der Waals surface area (Å²) >= 11 is 0. The molecule has 0 aromatic carbocycles. The van der Waals surface area contributed by atoms with Crippen LogP contribution in [0.5, 0.6) is 0 Å². The highest BCUT2D eigenvalue weighted by molar-refractivity contribution is 5.84. The van der Waals surface area contributed by atoms with E-state index in [0.29, 0.717) is 0 Å². The maximum absolute atomic E-state index is 5.33. The minimum atomic E-state index is -0.155. The second-order valence-corrected chi connectivity index (χ2v) is 4.11. The van der Waals surface area contributed by atoms with E-state index in [-0.39, 0.29) is 5.60 Å². The molecule has 0 atom stereocenters. The van der Waals surface area contributed by atoms with Gasteiger partial charge in [-0.2, -0.15) is 0 Å². The molecule has 0 bridgehead atoms. The minimum absolute atomic E-state index is 0.155. The third-order valence-corrected chi connectivity index (χ3v) is 1.63. The quantitative estimate of drug-likeness (QED) is 0.606. The van der Waals surface area contributed by atoms with Crippen molar-refractivity contribution in [2.75, 3.05) is 13.1 Å². The second-order valence-electron chi connectivity index (χ2n) is 4.11. The molecule has 0 spiro atoms. The molecule has 1 heterocycles. The molecule has 1 saturated heterocycles. The predicted molar refractivity (Wildman–Crippen MR) is 50.4 cm³/mol. The first-order valence-electron chi connectivity index (χ1n) is 4.52. The number of nitrogens with one attached hydrogen (secondary N) is 1. The summed E-state index contributed by atoms with van der Waals surface area (Å²) in [5, 5.41) is 7.41. The Kier molecular flexibility index (Phi) is 3.09. The highest BCUT2D eigenvalue weighted by atomic mass is 16.6. The average molecular weight is 170 g/mol. The molecule has 0 saturated carbocycles. The van der Waals surface area contributed by atoms with Crippen molar-refractivity contribution in [3.63, 3.8) is 0 Å². The summed E-state index contributed by atoms with van der Waals surface area (Å²) in [6.07, 6.45) is 2.05. The van der Waals surface area contributed by atoms with E-state index in [2.05, 4.69) is 10.5 Å². The Bertz CT molecular complexity index is 162. The highest BCUT2D eigenvalue weighted by Crippen LogP contribution is 2.09. The summed E-state index contributed by atoms with van der Waals surface area (Å²) in [7, 11) is 0. The van der Waals surface area contributed by atoms with Gasteiger partial charge in [0.05, 0.1) is 5.71 Å². The van der Waals surface area contributed by atoms with Crippen LogP contribution >= 0.6 is 0 Å². The summed E-state index contributed by atoms with van der Waals surface area (Å²) in [5.41, 5.74) is 1.03. The van der Waals surface area contributed by atoms with Crippen LogP contribution in [-0.4, -0.2) is 24.4 Å². The van der Waals surface area contributed by atoms with Crippen LogP contribution < -0.4 is 5.32 Å². The molecule has 0 unspecified atom stereocenters. The SMILES string of the molecule is CC(C)(C)ON=C1CCNCC1. The zero-order valence-corrected chi connectivity index (χ0v) is 8.18. The molecular formula is C9H18N2O. The molecule has 1 fully saturated rings. The van der Waals surface area contributed by atoms with Crippen molar-refractivity contribution in [2.24, 2.45) is 5.16 Å². The van der Waals surface area contributed by atoms with Crippen LogP contribution in [0.1, 0.15) is 33.6 Å². The van der Waals surface area contributed by atoms with E-state index in [1.807, 2.05) is 20.8 Å². The zero-order chi connectivity index (χ0) is 9.03. The van der Waals surface area contributed by atoms with Gasteiger partial charge in [-0.1, -0.05) is 5.16 Å². The van der Waals surface area contributed by atoms with E-state index in [9.17, 15) is 0 Å².